The van der Waals surface area contributed by atoms with Crippen molar-refractivity contribution in [2.45, 2.75) is 37.8 Å². The van der Waals surface area contributed by atoms with E-state index in [0.29, 0.717) is 13.2 Å². The number of aromatic amines is 1. The van der Waals surface area contributed by atoms with Crippen LogP contribution < -0.4 is 0 Å². The van der Waals surface area contributed by atoms with Crippen molar-refractivity contribution >= 4 is 10.0 Å². The molecule has 0 saturated carbocycles. The monoisotopic (exact) mass is 275 g/mol. The Morgan fingerprint density at radius 3 is 2.56 bits per heavy atom. The fourth-order valence-corrected chi connectivity index (χ4v) is 3.54. The number of nitrogens with one attached hydrogen (secondary N) is 1. The largest absolute Gasteiger partial charge is 0.383 e. The summed E-state index contributed by atoms with van der Waals surface area (Å²) in [5.74, 6) is 0. The third kappa shape index (κ3) is 3.30. The molecular formula is C11H21N3O3S. The van der Waals surface area contributed by atoms with Crippen molar-refractivity contribution in [1.82, 2.24) is 14.3 Å². The smallest absolute Gasteiger partial charge is 0.260 e. The van der Waals surface area contributed by atoms with E-state index in [4.69, 9.17) is 4.74 Å². The van der Waals surface area contributed by atoms with Crippen LogP contribution in [0.25, 0.3) is 0 Å². The van der Waals surface area contributed by atoms with Crippen LogP contribution >= 0.6 is 0 Å². The summed E-state index contributed by atoms with van der Waals surface area (Å²) in [6.07, 6.45) is 4.24. The minimum absolute atomic E-state index is 0.0200. The maximum atomic E-state index is 12.5. The maximum Gasteiger partial charge on any atom is 0.260 e. The normalized spacial score (nSPS) is 12.5. The van der Waals surface area contributed by atoms with E-state index in [1.807, 2.05) is 13.8 Å². The quantitative estimate of drug-likeness (QED) is 0.774. The van der Waals surface area contributed by atoms with Crippen molar-refractivity contribution in [3.05, 3.63) is 12.5 Å². The van der Waals surface area contributed by atoms with Crippen LogP contribution in [0.2, 0.25) is 0 Å². The van der Waals surface area contributed by atoms with E-state index in [-0.39, 0.29) is 11.1 Å². The molecule has 0 bridgehead atoms. The number of ether oxygens (including phenoxy) is 1. The summed E-state index contributed by atoms with van der Waals surface area (Å²) < 4.78 is 31.4. The van der Waals surface area contributed by atoms with Gasteiger partial charge in [0.05, 0.1) is 19.1 Å². The van der Waals surface area contributed by atoms with Crippen molar-refractivity contribution in [2.24, 2.45) is 0 Å². The van der Waals surface area contributed by atoms with Gasteiger partial charge in [0.25, 0.3) is 10.0 Å². The molecule has 0 amide bonds. The lowest BCUT2D eigenvalue weighted by atomic mass is 10.2. The molecule has 18 heavy (non-hydrogen) atoms. The molecule has 0 unspecified atom stereocenters. The lowest BCUT2D eigenvalue weighted by Gasteiger charge is -2.28. The van der Waals surface area contributed by atoms with E-state index in [9.17, 15) is 8.42 Å². The topological polar surface area (TPSA) is 75.3 Å². The van der Waals surface area contributed by atoms with Crippen LogP contribution in [0.1, 0.15) is 26.7 Å². The number of methoxy groups -OCH3 is 1. The highest BCUT2D eigenvalue weighted by Crippen LogP contribution is 2.19. The lowest BCUT2D eigenvalue weighted by molar-refractivity contribution is 0.163. The van der Waals surface area contributed by atoms with Crippen molar-refractivity contribution < 1.29 is 13.2 Å². The number of rotatable bonds is 8. The zero-order valence-corrected chi connectivity index (χ0v) is 11.9. The molecule has 104 valence electrons. The molecule has 1 aromatic rings. The summed E-state index contributed by atoms with van der Waals surface area (Å²) in [6.45, 7) is 4.70. The van der Waals surface area contributed by atoms with Gasteiger partial charge < -0.3 is 9.72 Å². The predicted molar refractivity (Wildman–Crippen MR) is 68.7 cm³/mol. The van der Waals surface area contributed by atoms with Crippen molar-refractivity contribution in [3.63, 3.8) is 0 Å². The third-order valence-electron chi connectivity index (χ3n) is 2.93. The van der Waals surface area contributed by atoms with Crippen molar-refractivity contribution in [1.29, 1.82) is 0 Å². The van der Waals surface area contributed by atoms with Gasteiger partial charge in [-0.15, -0.1) is 0 Å². The molecule has 0 aliphatic heterocycles. The average Bonchev–Trinajstić information content (AvgIpc) is 2.88. The summed E-state index contributed by atoms with van der Waals surface area (Å²) in [7, 11) is -1.95. The molecule has 0 aromatic carbocycles. The highest BCUT2D eigenvalue weighted by Gasteiger charge is 2.30. The van der Waals surface area contributed by atoms with E-state index >= 15 is 0 Å². The Balaban J connectivity index is 3.01. The van der Waals surface area contributed by atoms with Gasteiger partial charge in [-0.25, -0.2) is 13.4 Å². The Bertz CT molecular complexity index is 426. The number of sulfonamides is 1. The number of hydrogen-bond donors (Lipinski definition) is 1. The molecule has 0 saturated heterocycles. The standard InChI is InChI=1S/C11H21N3O3S/c1-4-10(5-2)14(6-7-17-3)18(15,16)11-8-12-9-13-11/h8-10H,4-7H2,1-3H3,(H,12,13). The van der Waals surface area contributed by atoms with Crippen LogP contribution in [0.3, 0.4) is 0 Å². The Kier molecular flexibility index (Phi) is 5.77. The van der Waals surface area contributed by atoms with E-state index in [1.165, 1.54) is 16.8 Å². The first-order valence-corrected chi connectivity index (χ1v) is 7.51. The average molecular weight is 275 g/mol. The molecular weight excluding hydrogens is 254 g/mol. The fraction of sp³-hybridized carbons (Fsp3) is 0.727. The van der Waals surface area contributed by atoms with Crippen LogP contribution in [-0.4, -0.2) is 49.0 Å². The van der Waals surface area contributed by atoms with Gasteiger partial charge >= 0.3 is 0 Å². The Morgan fingerprint density at radius 2 is 2.11 bits per heavy atom. The van der Waals surface area contributed by atoms with Crippen LogP contribution in [0, 0.1) is 0 Å². The number of aromatic nitrogens is 2. The maximum absolute atomic E-state index is 12.5. The van der Waals surface area contributed by atoms with Crippen molar-refractivity contribution in [3.8, 4) is 0 Å². The molecule has 0 fully saturated rings. The van der Waals surface area contributed by atoms with Crippen LogP contribution in [0.15, 0.2) is 17.6 Å². The summed E-state index contributed by atoms with van der Waals surface area (Å²) in [5.41, 5.74) is 0. The Morgan fingerprint density at radius 1 is 1.44 bits per heavy atom. The highest BCUT2D eigenvalue weighted by molar-refractivity contribution is 7.89. The molecule has 1 N–H and O–H groups in total. The van der Waals surface area contributed by atoms with Gasteiger partial charge in [-0.05, 0) is 12.8 Å². The second-order valence-electron chi connectivity index (χ2n) is 3.99. The number of H-pyrrole nitrogens is 1. The second-order valence-corrected chi connectivity index (χ2v) is 5.85. The zero-order chi connectivity index (χ0) is 13.6. The van der Waals surface area contributed by atoms with Gasteiger partial charge in [0.1, 0.15) is 0 Å². The zero-order valence-electron chi connectivity index (χ0n) is 11.1. The summed E-state index contributed by atoms with van der Waals surface area (Å²) in [6, 6.07) is -0.0200. The van der Waals surface area contributed by atoms with E-state index in [1.54, 1.807) is 7.11 Å². The van der Waals surface area contributed by atoms with Gasteiger partial charge in [-0.2, -0.15) is 4.31 Å². The van der Waals surface area contributed by atoms with Gasteiger partial charge in [-0.3, -0.25) is 0 Å². The molecule has 1 aromatic heterocycles. The van der Waals surface area contributed by atoms with Gasteiger partial charge in [0, 0.05) is 19.7 Å². The molecule has 0 aliphatic rings. The van der Waals surface area contributed by atoms with Gasteiger partial charge in [0.15, 0.2) is 5.03 Å². The first kappa shape index (κ1) is 15.1. The van der Waals surface area contributed by atoms with Crippen LogP contribution in [0.4, 0.5) is 0 Å². The number of nitrogens with zero attached hydrogens (tertiary/aromatic N) is 2. The van der Waals surface area contributed by atoms with E-state index in [0.717, 1.165) is 12.8 Å². The predicted octanol–water partition coefficient (Wildman–Crippen LogP) is 1.24. The highest BCUT2D eigenvalue weighted by atomic mass is 32.2. The molecule has 0 spiro atoms. The molecule has 0 atom stereocenters. The minimum Gasteiger partial charge on any atom is -0.383 e. The summed E-state index contributed by atoms with van der Waals surface area (Å²) >= 11 is 0. The third-order valence-corrected chi connectivity index (χ3v) is 4.80. The molecule has 1 rings (SSSR count). The van der Waals surface area contributed by atoms with E-state index < -0.39 is 10.0 Å². The molecule has 0 aliphatic carbocycles. The first-order valence-electron chi connectivity index (χ1n) is 6.07. The number of imidazole rings is 1. The molecule has 0 radical (unpaired) electrons. The van der Waals surface area contributed by atoms with Gasteiger partial charge in [0.2, 0.25) is 0 Å². The Labute approximate surface area is 108 Å². The van der Waals surface area contributed by atoms with Crippen LogP contribution in [-0.2, 0) is 14.8 Å². The first-order chi connectivity index (χ1) is 8.57. The SMILES string of the molecule is CCC(CC)N(CCOC)S(=O)(=O)c1cnc[nH]1. The summed E-state index contributed by atoms with van der Waals surface area (Å²) in [4.78, 5) is 6.43. The number of hydrogen-bond acceptors (Lipinski definition) is 4. The molecule has 1 heterocycles. The fourth-order valence-electron chi connectivity index (χ4n) is 1.89. The Hall–Kier alpha value is -0.920. The van der Waals surface area contributed by atoms with Crippen molar-refractivity contribution in [2.75, 3.05) is 20.3 Å². The lowest BCUT2D eigenvalue weighted by Crippen LogP contribution is -2.41. The minimum atomic E-state index is -3.52. The molecule has 7 heteroatoms. The second kappa shape index (κ2) is 6.86. The van der Waals surface area contributed by atoms with Crippen LogP contribution in [0.5, 0.6) is 0 Å². The van der Waals surface area contributed by atoms with E-state index in [2.05, 4.69) is 9.97 Å². The molecule has 6 nitrogen and oxygen atoms in total. The van der Waals surface area contributed by atoms with Gasteiger partial charge in [-0.1, -0.05) is 13.8 Å². The summed E-state index contributed by atoms with van der Waals surface area (Å²) in [5, 5.41) is 0.130.